The summed E-state index contributed by atoms with van der Waals surface area (Å²) in [6.45, 7) is 0.510. The van der Waals surface area contributed by atoms with Gasteiger partial charge in [-0.1, -0.05) is 23.7 Å². The third kappa shape index (κ3) is 3.14. The number of aryl methyl sites for hydroxylation is 1. The zero-order valence-corrected chi connectivity index (χ0v) is 13.7. The molecule has 0 aliphatic carbocycles. The molecule has 3 rings (SSSR count). The molecule has 118 valence electrons. The largest absolute Gasteiger partial charge is 0.337 e. The standard InChI is InChI=1S/C17H17ClN4O/c1-20(12-13-5-7-14(18)8-6-13)17(23)15-11-19-21(2)16(15)22-9-3-4-10-22/h3-11H,12H2,1-2H3. The number of carbonyl (C=O) groups is 1. The van der Waals surface area contributed by atoms with Gasteiger partial charge in [-0.05, 0) is 29.8 Å². The zero-order valence-electron chi connectivity index (χ0n) is 13.0. The van der Waals surface area contributed by atoms with Gasteiger partial charge in [-0.15, -0.1) is 0 Å². The maximum atomic E-state index is 12.8. The lowest BCUT2D eigenvalue weighted by Gasteiger charge is -2.18. The molecular weight excluding hydrogens is 312 g/mol. The highest BCUT2D eigenvalue weighted by Gasteiger charge is 2.20. The van der Waals surface area contributed by atoms with Gasteiger partial charge in [0.15, 0.2) is 0 Å². The number of hydrogen-bond acceptors (Lipinski definition) is 2. The van der Waals surface area contributed by atoms with Gasteiger partial charge in [0.2, 0.25) is 0 Å². The van der Waals surface area contributed by atoms with E-state index in [2.05, 4.69) is 5.10 Å². The zero-order chi connectivity index (χ0) is 16.4. The Balaban J connectivity index is 1.84. The molecule has 0 saturated heterocycles. The first kappa shape index (κ1) is 15.4. The number of nitrogens with zero attached hydrogens (tertiary/aromatic N) is 4. The van der Waals surface area contributed by atoms with Crippen molar-refractivity contribution in [1.29, 1.82) is 0 Å². The van der Waals surface area contributed by atoms with Crippen LogP contribution in [-0.4, -0.2) is 32.2 Å². The molecule has 2 heterocycles. The Labute approximate surface area is 139 Å². The second-order valence-electron chi connectivity index (χ2n) is 5.38. The lowest BCUT2D eigenvalue weighted by Crippen LogP contribution is -2.27. The summed E-state index contributed by atoms with van der Waals surface area (Å²) >= 11 is 5.89. The van der Waals surface area contributed by atoms with Gasteiger partial charge in [0.25, 0.3) is 5.91 Å². The molecule has 2 aromatic heterocycles. The molecule has 5 nitrogen and oxygen atoms in total. The normalized spacial score (nSPS) is 10.7. The number of carbonyl (C=O) groups excluding carboxylic acids is 1. The molecule has 0 atom stereocenters. The van der Waals surface area contributed by atoms with E-state index in [0.717, 1.165) is 11.4 Å². The lowest BCUT2D eigenvalue weighted by atomic mass is 10.2. The van der Waals surface area contributed by atoms with Crippen LogP contribution in [0.4, 0.5) is 0 Å². The molecule has 0 N–H and O–H groups in total. The van der Waals surface area contributed by atoms with E-state index < -0.39 is 0 Å². The van der Waals surface area contributed by atoms with Crippen molar-refractivity contribution in [1.82, 2.24) is 19.2 Å². The van der Waals surface area contributed by atoms with E-state index in [1.807, 2.05) is 60.4 Å². The first-order valence-electron chi connectivity index (χ1n) is 7.21. The van der Waals surface area contributed by atoms with Crippen molar-refractivity contribution in [3.05, 3.63) is 71.1 Å². The van der Waals surface area contributed by atoms with E-state index in [-0.39, 0.29) is 5.91 Å². The van der Waals surface area contributed by atoms with Crippen LogP contribution in [0.25, 0.3) is 5.82 Å². The van der Waals surface area contributed by atoms with E-state index in [1.54, 1.807) is 22.8 Å². The Kier molecular flexibility index (Phi) is 4.21. The summed E-state index contributed by atoms with van der Waals surface area (Å²) in [5.74, 6) is 0.680. The molecule has 6 heteroatoms. The van der Waals surface area contributed by atoms with Crippen molar-refractivity contribution in [3.63, 3.8) is 0 Å². The Bertz CT molecular complexity index is 806. The van der Waals surface area contributed by atoms with Gasteiger partial charge in [-0.2, -0.15) is 5.10 Å². The number of aromatic nitrogens is 3. The summed E-state index contributed by atoms with van der Waals surface area (Å²) in [4.78, 5) is 14.5. The first-order valence-corrected chi connectivity index (χ1v) is 7.59. The van der Waals surface area contributed by atoms with E-state index >= 15 is 0 Å². The van der Waals surface area contributed by atoms with Gasteiger partial charge in [0, 0.05) is 38.1 Å². The van der Waals surface area contributed by atoms with Crippen LogP contribution in [0.15, 0.2) is 55.0 Å². The maximum Gasteiger partial charge on any atom is 0.259 e. The number of rotatable bonds is 4. The topological polar surface area (TPSA) is 43.1 Å². The van der Waals surface area contributed by atoms with E-state index in [9.17, 15) is 4.79 Å². The minimum Gasteiger partial charge on any atom is -0.337 e. The third-order valence-electron chi connectivity index (χ3n) is 3.67. The summed E-state index contributed by atoms with van der Waals surface area (Å²) in [7, 11) is 3.61. The fraction of sp³-hybridized carbons (Fsp3) is 0.176. The average molecular weight is 329 g/mol. The van der Waals surface area contributed by atoms with Gasteiger partial charge >= 0.3 is 0 Å². The number of amides is 1. The highest BCUT2D eigenvalue weighted by Crippen LogP contribution is 2.17. The Morgan fingerprint density at radius 1 is 1.22 bits per heavy atom. The minimum atomic E-state index is -0.0725. The molecule has 0 fully saturated rings. The summed E-state index contributed by atoms with van der Waals surface area (Å²) in [5.41, 5.74) is 1.59. The van der Waals surface area contributed by atoms with Crippen molar-refractivity contribution >= 4 is 17.5 Å². The molecule has 0 aliphatic rings. The van der Waals surface area contributed by atoms with Gasteiger partial charge in [-0.25, -0.2) is 0 Å². The highest BCUT2D eigenvalue weighted by molar-refractivity contribution is 6.30. The van der Waals surface area contributed by atoms with Crippen LogP contribution >= 0.6 is 11.6 Å². The summed E-state index contributed by atoms with van der Waals surface area (Å²) in [6, 6.07) is 11.3. The van der Waals surface area contributed by atoms with Crippen LogP contribution in [0.5, 0.6) is 0 Å². The highest BCUT2D eigenvalue weighted by atomic mass is 35.5. The first-order chi connectivity index (χ1) is 11.1. The van der Waals surface area contributed by atoms with Crippen LogP contribution in [0.2, 0.25) is 5.02 Å². The molecule has 0 unspecified atom stereocenters. The van der Waals surface area contributed by atoms with E-state index in [0.29, 0.717) is 17.1 Å². The molecule has 0 radical (unpaired) electrons. The maximum absolute atomic E-state index is 12.8. The van der Waals surface area contributed by atoms with Crippen molar-refractivity contribution < 1.29 is 4.79 Å². The van der Waals surface area contributed by atoms with Crippen LogP contribution in [0.1, 0.15) is 15.9 Å². The molecule has 0 bridgehead atoms. The SMILES string of the molecule is CN(Cc1ccc(Cl)cc1)C(=O)c1cnn(C)c1-n1cccc1. The monoisotopic (exact) mass is 328 g/mol. The molecule has 0 saturated carbocycles. The molecule has 23 heavy (non-hydrogen) atoms. The minimum absolute atomic E-state index is 0.0725. The number of benzene rings is 1. The number of halogens is 1. The van der Waals surface area contributed by atoms with Crippen LogP contribution in [0, 0.1) is 0 Å². The Hall–Kier alpha value is -2.53. The molecule has 1 aromatic carbocycles. The molecule has 1 amide bonds. The van der Waals surface area contributed by atoms with Crippen LogP contribution in [-0.2, 0) is 13.6 Å². The van der Waals surface area contributed by atoms with Gasteiger partial charge in [0.05, 0.1) is 6.20 Å². The fourth-order valence-corrected chi connectivity index (χ4v) is 2.63. The van der Waals surface area contributed by atoms with Gasteiger partial charge in [-0.3, -0.25) is 9.48 Å². The van der Waals surface area contributed by atoms with Crippen molar-refractivity contribution in [2.75, 3.05) is 7.05 Å². The molecule has 3 aromatic rings. The predicted octanol–water partition coefficient (Wildman–Crippen LogP) is 3.14. The number of hydrogen-bond donors (Lipinski definition) is 0. The average Bonchev–Trinajstić information content (AvgIpc) is 3.17. The lowest BCUT2D eigenvalue weighted by molar-refractivity contribution is 0.0785. The summed E-state index contributed by atoms with van der Waals surface area (Å²) < 4.78 is 3.58. The van der Waals surface area contributed by atoms with E-state index in [4.69, 9.17) is 11.6 Å². The summed E-state index contributed by atoms with van der Waals surface area (Å²) in [6.07, 6.45) is 5.40. The fourth-order valence-electron chi connectivity index (χ4n) is 2.50. The van der Waals surface area contributed by atoms with Crippen molar-refractivity contribution in [2.45, 2.75) is 6.54 Å². The quantitative estimate of drug-likeness (QED) is 0.738. The van der Waals surface area contributed by atoms with Gasteiger partial charge < -0.3 is 9.47 Å². The van der Waals surface area contributed by atoms with Crippen molar-refractivity contribution in [2.24, 2.45) is 7.05 Å². The molecule has 0 spiro atoms. The van der Waals surface area contributed by atoms with Crippen LogP contribution in [0.3, 0.4) is 0 Å². The van der Waals surface area contributed by atoms with Gasteiger partial charge in [0.1, 0.15) is 11.4 Å². The van der Waals surface area contributed by atoms with E-state index in [1.165, 1.54) is 0 Å². The van der Waals surface area contributed by atoms with Crippen molar-refractivity contribution in [3.8, 4) is 5.82 Å². The Morgan fingerprint density at radius 3 is 2.52 bits per heavy atom. The second kappa shape index (κ2) is 6.30. The smallest absolute Gasteiger partial charge is 0.259 e. The molecule has 0 aliphatic heterocycles. The third-order valence-corrected chi connectivity index (χ3v) is 3.92. The summed E-state index contributed by atoms with van der Waals surface area (Å²) in [5, 5.41) is 4.91. The molecular formula is C17H17ClN4O. The second-order valence-corrected chi connectivity index (χ2v) is 5.82. The predicted molar refractivity (Wildman–Crippen MR) is 89.8 cm³/mol. The Morgan fingerprint density at radius 2 is 1.87 bits per heavy atom. The van der Waals surface area contributed by atoms with Crippen LogP contribution < -0.4 is 0 Å².